The van der Waals surface area contributed by atoms with Gasteiger partial charge in [0, 0.05) is 23.5 Å². The highest BCUT2D eigenvalue weighted by molar-refractivity contribution is 6.11. The van der Waals surface area contributed by atoms with Gasteiger partial charge in [-0.05, 0) is 62.4 Å². The zero-order valence-corrected chi connectivity index (χ0v) is 19.8. The van der Waals surface area contributed by atoms with E-state index in [-0.39, 0.29) is 24.6 Å². The molecule has 2 aliphatic carbocycles. The number of anilines is 2. The predicted molar refractivity (Wildman–Crippen MR) is 135 cm³/mol. The van der Waals surface area contributed by atoms with Gasteiger partial charge in [-0.1, -0.05) is 12.2 Å². The van der Waals surface area contributed by atoms with Crippen molar-refractivity contribution in [1.29, 1.82) is 0 Å². The quantitative estimate of drug-likeness (QED) is 0.262. The molecule has 0 fully saturated rings. The summed E-state index contributed by atoms with van der Waals surface area (Å²) in [5.74, 6) is -2.17. The topological polar surface area (TPSA) is 111 Å². The first kappa shape index (κ1) is 25.7. The molecule has 2 N–H and O–H groups in total. The molecule has 1 aromatic rings. The average molecular weight is 485 g/mol. The molecule has 0 unspecified atom stereocenters. The van der Waals surface area contributed by atoms with Gasteiger partial charge < -0.3 is 20.1 Å². The van der Waals surface area contributed by atoms with Gasteiger partial charge in [0.05, 0.1) is 24.4 Å². The molecule has 3 rings (SSSR count). The van der Waals surface area contributed by atoms with E-state index < -0.39 is 23.5 Å². The van der Waals surface area contributed by atoms with Crippen LogP contribution in [0.15, 0.2) is 107 Å². The van der Waals surface area contributed by atoms with E-state index in [1.165, 1.54) is 0 Å². The van der Waals surface area contributed by atoms with Crippen molar-refractivity contribution < 1.29 is 28.7 Å². The molecule has 0 saturated carbocycles. The van der Waals surface area contributed by atoms with E-state index in [1.807, 2.05) is 0 Å². The number of esters is 2. The van der Waals surface area contributed by atoms with E-state index in [2.05, 4.69) is 22.1 Å². The third-order valence-corrected chi connectivity index (χ3v) is 4.71. The van der Waals surface area contributed by atoms with Crippen molar-refractivity contribution in [3.63, 3.8) is 0 Å². The van der Waals surface area contributed by atoms with Gasteiger partial charge in [0.25, 0.3) is 0 Å². The molecule has 2 aliphatic rings. The standard InChI is InChI=1S/C28H24N2O6/c1-3-35-27(33)23(17-25(31)19-9-5-6-10-19)29-21-13-15-22(16-14-21)30-24(28(34)36-4-2)18-26(32)20-11-7-8-12-20/h5-9,11,13-18,29-30H,3-4H2,1-2H3/b23-17+,24-18+. The average Bonchev–Trinajstić information content (AvgIpc) is 3.59. The Morgan fingerprint density at radius 1 is 0.722 bits per heavy atom. The van der Waals surface area contributed by atoms with Crippen molar-refractivity contribution in [3.8, 4) is 0 Å². The number of ketones is 2. The number of hydrogen-bond acceptors (Lipinski definition) is 8. The van der Waals surface area contributed by atoms with Crippen LogP contribution in [0.4, 0.5) is 11.4 Å². The van der Waals surface area contributed by atoms with Gasteiger partial charge >= 0.3 is 11.9 Å². The molecule has 0 radical (unpaired) electrons. The molecule has 8 heteroatoms. The summed E-state index contributed by atoms with van der Waals surface area (Å²) >= 11 is 0. The van der Waals surface area contributed by atoms with E-state index in [4.69, 9.17) is 9.47 Å². The lowest BCUT2D eigenvalue weighted by atomic mass is 10.1. The maximum absolute atomic E-state index is 12.4. The van der Waals surface area contributed by atoms with Crippen LogP contribution in [-0.2, 0) is 28.7 Å². The highest BCUT2D eigenvalue weighted by atomic mass is 16.5. The van der Waals surface area contributed by atoms with Gasteiger partial charge in [0.1, 0.15) is 11.4 Å². The Hall–Kier alpha value is -4.90. The molecular weight excluding hydrogens is 460 g/mol. The second-order valence-electron chi connectivity index (χ2n) is 7.28. The Kier molecular flexibility index (Phi) is 8.95. The minimum absolute atomic E-state index is 0.0409. The molecule has 0 heterocycles. The molecular formula is C28H24N2O6. The molecule has 0 amide bonds. The number of rotatable bonds is 12. The zero-order valence-electron chi connectivity index (χ0n) is 19.8. The van der Waals surface area contributed by atoms with Crippen LogP contribution in [0, 0.1) is 0 Å². The predicted octanol–water partition coefficient (Wildman–Crippen LogP) is 3.85. The molecule has 0 atom stereocenters. The maximum atomic E-state index is 12.4. The van der Waals surface area contributed by atoms with Crippen molar-refractivity contribution >= 4 is 34.9 Å². The number of carbonyl (C=O) groups is 4. The number of nitrogens with one attached hydrogen (secondary N) is 2. The van der Waals surface area contributed by atoms with Crippen LogP contribution in [-0.4, -0.2) is 36.7 Å². The van der Waals surface area contributed by atoms with E-state index in [0.717, 1.165) is 12.2 Å². The molecule has 182 valence electrons. The fourth-order valence-corrected chi connectivity index (χ4v) is 3.04. The lowest BCUT2D eigenvalue weighted by Gasteiger charge is -2.13. The van der Waals surface area contributed by atoms with Crippen molar-refractivity contribution in [1.82, 2.24) is 0 Å². The van der Waals surface area contributed by atoms with E-state index in [0.29, 0.717) is 22.5 Å². The third-order valence-electron chi connectivity index (χ3n) is 4.71. The molecule has 0 bridgehead atoms. The van der Waals surface area contributed by atoms with Crippen LogP contribution in [0.5, 0.6) is 0 Å². The first-order valence-electron chi connectivity index (χ1n) is 11.2. The van der Waals surface area contributed by atoms with Crippen LogP contribution in [0.3, 0.4) is 0 Å². The summed E-state index contributed by atoms with van der Waals surface area (Å²) in [5, 5.41) is 5.78. The first-order valence-corrected chi connectivity index (χ1v) is 11.2. The van der Waals surface area contributed by atoms with E-state index in [1.54, 1.807) is 74.6 Å². The summed E-state index contributed by atoms with van der Waals surface area (Å²) in [7, 11) is 0. The van der Waals surface area contributed by atoms with Gasteiger partial charge in [-0.25, -0.2) is 9.59 Å². The van der Waals surface area contributed by atoms with Crippen molar-refractivity contribution in [3.05, 3.63) is 107 Å². The van der Waals surface area contributed by atoms with E-state index >= 15 is 0 Å². The Bertz CT molecular complexity index is 1220. The molecule has 1 aromatic carbocycles. The SMILES string of the molecule is CCOC(=O)/C(=C\C(=O)C1=C=CC=C1)Nc1ccc(N/C(=C/C(=O)C2=C=CC=C2)C(=O)OCC)cc1. The molecule has 36 heavy (non-hydrogen) atoms. The fraction of sp³-hybridized carbons (Fsp3) is 0.143. The highest BCUT2D eigenvalue weighted by Gasteiger charge is 2.17. The van der Waals surface area contributed by atoms with E-state index in [9.17, 15) is 19.2 Å². The minimum atomic E-state index is -0.685. The van der Waals surface area contributed by atoms with Crippen LogP contribution < -0.4 is 10.6 Å². The van der Waals surface area contributed by atoms with Crippen LogP contribution in [0.2, 0.25) is 0 Å². The van der Waals surface area contributed by atoms with Gasteiger partial charge in [-0.15, -0.1) is 11.5 Å². The number of allylic oxidation sites excluding steroid dienone is 8. The summed E-state index contributed by atoms with van der Waals surface area (Å²) in [4.78, 5) is 49.6. The number of ether oxygens (including phenoxy) is 2. The first-order chi connectivity index (χ1) is 17.4. The number of carbonyl (C=O) groups excluding carboxylic acids is 4. The van der Waals surface area contributed by atoms with Gasteiger partial charge in [0.2, 0.25) is 0 Å². The summed E-state index contributed by atoms with van der Waals surface area (Å²) in [6.07, 6.45) is 12.1. The minimum Gasteiger partial charge on any atom is -0.461 e. The van der Waals surface area contributed by atoms with Crippen molar-refractivity contribution in [2.45, 2.75) is 13.8 Å². The monoisotopic (exact) mass is 484 g/mol. The third kappa shape index (κ3) is 7.05. The smallest absolute Gasteiger partial charge is 0.354 e. The maximum Gasteiger partial charge on any atom is 0.354 e. The summed E-state index contributed by atoms with van der Waals surface area (Å²) < 4.78 is 10.1. The van der Waals surface area contributed by atoms with Crippen molar-refractivity contribution in [2.24, 2.45) is 0 Å². The Morgan fingerprint density at radius 3 is 1.42 bits per heavy atom. The number of benzene rings is 1. The number of hydrogen-bond donors (Lipinski definition) is 2. The summed E-state index contributed by atoms with van der Waals surface area (Å²) in [5.41, 5.74) is 7.13. The van der Waals surface area contributed by atoms with Crippen molar-refractivity contribution in [2.75, 3.05) is 23.8 Å². The Balaban J connectivity index is 1.78. The highest BCUT2D eigenvalue weighted by Crippen LogP contribution is 2.19. The molecule has 0 aromatic heterocycles. The molecule has 8 nitrogen and oxygen atoms in total. The lowest BCUT2D eigenvalue weighted by molar-refractivity contribution is -0.139. The largest absolute Gasteiger partial charge is 0.461 e. The van der Waals surface area contributed by atoms with Crippen LogP contribution >= 0.6 is 0 Å². The lowest BCUT2D eigenvalue weighted by Crippen LogP contribution is -2.17. The second-order valence-corrected chi connectivity index (χ2v) is 7.28. The molecule has 0 aliphatic heterocycles. The van der Waals surface area contributed by atoms with Crippen LogP contribution in [0.1, 0.15) is 13.8 Å². The fourth-order valence-electron chi connectivity index (χ4n) is 3.04. The van der Waals surface area contributed by atoms with Gasteiger partial charge in [-0.2, -0.15) is 0 Å². The molecule has 0 saturated heterocycles. The second kappa shape index (κ2) is 12.5. The Labute approximate surface area is 208 Å². The van der Waals surface area contributed by atoms with Gasteiger partial charge in [-0.3, -0.25) is 9.59 Å². The zero-order chi connectivity index (χ0) is 25.9. The Morgan fingerprint density at radius 2 is 1.11 bits per heavy atom. The molecule has 0 spiro atoms. The summed E-state index contributed by atoms with van der Waals surface area (Å²) in [6, 6.07) is 6.52. The van der Waals surface area contributed by atoms with Crippen LogP contribution in [0.25, 0.3) is 0 Å². The van der Waals surface area contributed by atoms with Gasteiger partial charge in [0.15, 0.2) is 11.6 Å². The normalized spacial score (nSPS) is 13.8. The summed E-state index contributed by atoms with van der Waals surface area (Å²) in [6.45, 7) is 3.61.